The van der Waals surface area contributed by atoms with E-state index in [-0.39, 0.29) is 23.7 Å². The van der Waals surface area contributed by atoms with Crippen LogP contribution >= 0.6 is 23.1 Å². The van der Waals surface area contributed by atoms with Crippen LogP contribution in [0.4, 0.5) is 5.69 Å². The van der Waals surface area contributed by atoms with Crippen LogP contribution in [0.5, 0.6) is 0 Å². The average molecular weight is 361 g/mol. The molecule has 0 spiro atoms. The molecule has 1 aliphatic heterocycles. The highest BCUT2D eigenvalue weighted by atomic mass is 32.2. The third-order valence-corrected chi connectivity index (χ3v) is 7.25. The lowest BCUT2D eigenvalue weighted by Gasteiger charge is -2.19. The van der Waals surface area contributed by atoms with E-state index in [0.29, 0.717) is 5.69 Å². The molecule has 1 aromatic heterocycles. The number of nitrogens with zero attached hydrogens (tertiary/aromatic N) is 2. The van der Waals surface area contributed by atoms with E-state index in [9.17, 15) is 9.59 Å². The van der Waals surface area contributed by atoms with E-state index in [1.165, 1.54) is 4.90 Å². The summed E-state index contributed by atoms with van der Waals surface area (Å²) in [6.07, 6.45) is 4.93. The van der Waals surface area contributed by atoms with Gasteiger partial charge in [-0.05, 0) is 37.5 Å². The minimum atomic E-state index is -0.0981. The molecule has 2 heterocycles. The molecule has 4 rings (SSSR count). The van der Waals surface area contributed by atoms with Gasteiger partial charge >= 0.3 is 0 Å². The first-order chi connectivity index (χ1) is 11.7. The van der Waals surface area contributed by atoms with Gasteiger partial charge in [0, 0.05) is 5.75 Å². The fourth-order valence-electron chi connectivity index (χ4n) is 3.70. The number of aromatic nitrogens is 1. The molecule has 0 bridgehead atoms. The lowest BCUT2D eigenvalue weighted by atomic mass is 9.81. The maximum absolute atomic E-state index is 12.7. The number of hydrogen-bond acceptors (Lipinski definition) is 5. The van der Waals surface area contributed by atoms with E-state index in [4.69, 9.17) is 0 Å². The maximum Gasteiger partial charge on any atom is 0.237 e. The molecule has 0 radical (unpaired) electrons. The van der Waals surface area contributed by atoms with Crippen LogP contribution < -0.4 is 4.90 Å². The molecule has 6 heteroatoms. The molecule has 24 heavy (non-hydrogen) atoms. The Bertz CT molecular complexity index is 777. The summed E-state index contributed by atoms with van der Waals surface area (Å²) in [5.74, 6) is 0.848. The number of carbonyl (C=O) groups excluding carboxylic acids is 2. The molecule has 2 fully saturated rings. The van der Waals surface area contributed by atoms with Crippen molar-refractivity contribution in [1.82, 2.24) is 4.98 Å². The molecule has 0 unspecified atom stereocenters. The fourth-order valence-corrected chi connectivity index (χ4v) is 5.73. The van der Waals surface area contributed by atoms with Crippen LogP contribution in [-0.4, -0.2) is 22.6 Å². The van der Waals surface area contributed by atoms with E-state index in [1.807, 2.05) is 18.2 Å². The van der Waals surface area contributed by atoms with Gasteiger partial charge in [-0.1, -0.05) is 31.5 Å². The number of benzene rings is 1. The van der Waals surface area contributed by atoms with Crippen LogP contribution in [0.25, 0.3) is 10.2 Å². The Morgan fingerprint density at radius 1 is 1.21 bits per heavy atom. The number of carbonyl (C=O) groups is 2. The summed E-state index contributed by atoms with van der Waals surface area (Å²) in [5, 5.41) is 0. The largest absolute Gasteiger partial charge is 0.274 e. The van der Waals surface area contributed by atoms with Crippen molar-refractivity contribution < 1.29 is 9.59 Å². The van der Waals surface area contributed by atoms with E-state index < -0.39 is 0 Å². The van der Waals surface area contributed by atoms with Gasteiger partial charge in [-0.15, -0.1) is 11.3 Å². The van der Waals surface area contributed by atoms with Crippen LogP contribution in [0.15, 0.2) is 22.5 Å². The van der Waals surface area contributed by atoms with Crippen molar-refractivity contribution in [2.45, 2.75) is 43.4 Å². The highest BCUT2D eigenvalue weighted by Gasteiger charge is 2.48. The summed E-state index contributed by atoms with van der Waals surface area (Å²) >= 11 is 3.40. The van der Waals surface area contributed by atoms with E-state index in [0.717, 1.165) is 52.4 Å². The molecule has 2 aromatic rings. The Kier molecular flexibility index (Phi) is 4.35. The minimum absolute atomic E-state index is 0.00542. The Morgan fingerprint density at radius 2 is 1.92 bits per heavy atom. The van der Waals surface area contributed by atoms with Crippen molar-refractivity contribution >= 4 is 50.8 Å². The Balaban J connectivity index is 1.66. The van der Waals surface area contributed by atoms with Gasteiger partial charge in [-0.3, -0.25) is 14.5 Å². The van der Waals surface area contributed by atoms with Crippen LogP contribution in [0.2, 0.25) is 0 Å². The third kappa shape index (κ3) is 2.65. The summed E-state index contributed by atoms with van der Waals surface area (Å²) in [6.45, 7) is 2.16. The van der Waals surface area contributed by atoms with Gasteiger partial charge in [0.05, 0.1) is 27.7 Å². The number of amides is 2. The molecule has 1 saturated carbocycles. The van der Waals surface area contributed by atoms with Crippen molar-refractivity contribution in [3.05, 3.63) is 18.2 Å². The summed E-state index contributed by atoms with van der Waals surface area (Å²) in [6, 6.07) is 5.75. The smallest absolute Gasteiger partial charge is 0.237 e. The molecule has 2 atom stereocenters. The Hall–Kier alpha value is -1.40. The van der Waals surface area contributed by atoms with Crippen molar-refractivity contribution in [2.24, 2.45) is 11.8 Å². The van der Waals surface area contributed by atoms with Gasteiger partial charge < -0.3 is 0 Å². The molecule has 1 aliphatic carbocycles. The van der Waals surface area contributed by atoms with E-state index in [2.05, 4.69) is 11.9 Å². The van der Waals surface area contributed by atoms with E-state index >= 15 is 0 Å². The number of hydrogen-bond donors (Lipinski definition) is 0. The van der Waals surface area contributed by atoms with Gasteiger partial charge in [0.25, 0.3) is 0 Å². The monoisotopic (exact) mass is 360 g/mol. The van der Waals surface area contributed by atoms with Gasteiger partial charge in [0.2, 0.25) is 11.8 Å². The average Bonchev–Trinajstić information content (AvgIpc) is 3.12. The first-order valence-corrected chi connectivity index (χ1v) is 10.4. The molecule has 1 aromatic carbocycles. The van der Waals surface area contributed by atoms with Crippen molar-refractivity contribution in [1.29, 1.82) is 0 Å². The van der Waals surface area contributed by atoms with Crippen LogP contribution in [0.3, 0.4) is 0 Å². The molecular formula is C18H20N2O2S2. The zero-order chi connectivity index (χ0) is 16.7. The number of thiazole rings is 1. The molecule has 2 amide bonds. The number of imide groups is 1. The van der Waals surface area contributed by atoms with Gasteiger partial charge in [-0.25, -0.2) is 4.98 Å². The SMILES string of the molecule is CCCSc1nc2ccc(N3C(=O)[C@H]4CCCC[C@H]4C3=O)cc2s1. The van der Waals surface area contributed by atoms with E-state index in [1.54, 1.807) is 23.1 Å². The molecule has 126 valence electrons. The van der Waals surface area contributed by atoms with Crippen molar-refractivity contribution in [3.63, 3.8) is 0 Å². The fraction of sp³-hybridized carbons (Fsp3) is 0.500. The highest BCUT2D eigenvalue weighted by molar-refractivity contribution is 8.01. The first kappa shape index (κ1) is 16.1. The number of fused-ring (bicyclic) bond motifs is 2. The summed E-state index contributed by atoms with van der Waals surface area (Å²) in [7, 11) is 0. The Labute approximate surface area is 149 Å². The zero-order valence-electron chi connectivity index (χ0n) is 13.7. The zero-order valence-corrected chi connectivity index (χ0v) is 15.3. The lowest BCUT2D eigenvalue weighted by molar-refractivity contribution is -0.122. The third-order valence-electron chi connectivity index (χ3n) is 4.88. The maximum atomic E-state index is 12.7. The van der Waals surface area contributed by atoms with Gasteiger partial charge in [0.15, 0.2) is 4.34 Å². The van der Waals surface area contributed by atoms with Gasteiger partial charge in [-0.2, -0.15) is 0 Å². The summed E-state index contributed by atoms with van der Waals surface area (Å²) in [4.78, 5) is 31.5. The normalized spacial score (nSPS) is 24.0. The second kappa shape index (κ2) is 6.48. The second-order valence-corrected chi connectivity index (χ2v) is 8.86. The van der Waals surface area contributed by atoms with Gasteiger partial charge in [0.1, 0.15) is 0 Å². The van der Waals surface area contributed by atoms with Crippen molar-refractivity contribution in [3.8, 4) is 0 Å². The topological polar surface area (TPSA) is 50.3 Å². The van der Waals surface area contributed by atoms with Crippen LogP contribution in [0, 0.1) is 11.8 Å². The molecular weight excluding hydrogens is 340 g/mol. The second-order valence-electron chi connectivity index (χ2n) is 6.49. The number of thioether (sulfide) groups is 1. The highest BCUT2D eigenvalue weighted by Crippen LogP contribution is 2.41. The lowest BCUT2D eigenvalue weighted by Crippen LogP contribution is -2.30. The predicted octanol–water partition coefficient (Wildman–Crippen LogP) is 4.48. The molecule has 1 saturated heterocycles. The summed E-state index contributed by atoms with van der Waals surface area (Å²) < 4.78 is 2.10. The number of rotatable bonds is 4. The standard InChI is InChI=1S/C18H20N2O2S2/c1-2-9-23-18-19-14-8-7-11(10-15(14)24-18)20-16(21)12-5-3-4-6-13(12)17(20)22/h7-8,10,12-13H,2-6,9H2,1H3/t12-,13+. The molecule has 2 aliphatic rings. The quantitative estimate of drug-likeness (QED) is 0.596. The summed E-state index contributed by atoms with van der Waals surface area (Å²) in [5.41, 5.74) is 1.65. The molecule has 0 N–H and O–H groups in total. The minimum Gasteiger partial charge on any atom is -0.274 e. The Morgan fingerprint density at radius 3 is 2.58 bits per heavy atom. The number of anilines is 1. The van der Waals surface area contributed by atoms with Crippen LogP contribution in [-0.2, 0) is 9.59 Å². The van der Waals surface area contributed by atoms with Crippen molar-refractivity contribution in [2.75, 3.05) is 10.7 Å². The molecule has 4 nitrogen and oxygen atoms in total. The first-order valence-electron chi connectivity index (χ1n) is 8.60. The van der Waals surface area contributed by atoms with Crippen LogP contribution in [0.1, 0.15) is 39.0 Å². The predicted molar refractivity (Wildman–Crippen MR) is 98.6 cm³/mol.